The molecular formula is C20H28N2O4S. The van der Waals surface area contributed by atoms with Gasteiger partial charge in [-0.3, -0.25) is 4.79 Å². The zero-order valence-electron chi connectivity index (χ0n) is 15.7. The van der Waals surface area contributed by atoms with Crippen molar-refractivity contribution in [2.45, 2.75) is 44.1 Å². The Morgan fingerprint density at radius 3 is 2.52 bits per heavy atom. The van der Waals surface area contributed by atoms with Gasteiger partial charge in [0, 0.05) is 43.8 Å². The molecule has 7 heteroatoms. The molecule has 0 N–H and O–H groups in total. The third-order valence-electron chi connectivity index (χ3n) is 6.02. The first-order valence-electron chi connectivity index (χ1n) is 10.0. The lowest BCUT2D eigenvalue weighted by molar-refractivity contribution is 0.0658. The summed E-state index contributed by atoms with van der Waals surface area (Å²) in [6.07, 6.45) is 4.59. The smallest absolute Gasteiger partial charge is 0.253 e. The van der Waals surface area contributed by atoms with E-state index in [0.29, 0.717) is 37.5 Å². The number of piperidine rings is 1. The highest BCUT2D eigenvalue weighted by molar-refractivity contribution is 7.89. The molecule has 0 aliphatic carbocycles. The highest BCUT2D eigenvalue weighted by Gasteiger charge is 2.37. The molecule has 1 aromatic carbocycles. The Bertz CT molecular complexity index is 772. The average molecular weight is 393 g/mol. The van der Waals surface area contributed by atoms with Crippen molar-refractivity contribution in [1.82, 2.24) is 9.21 Å². The van der Waals surface area contributed by atoms with Gasteiger partial charge in [-0.2, -0.15) is 4.31 Å². The van der Waals surface area contributed by atoms with Crippen molar-refractivity contribution < 1.29 is 17.9 Å². The Morgan fingerprint density at radius 2 is 1.85 bits per heavy atom. The SMILES string of the molecule is O=C(c1ccc(C2CCCOC2)cc1)N1CCCC(N2CCCS2(=O)=O)C1. The molecule has 0 spiro atoms. The van der Waals surface area contributed by atoms with Crippen LogP contribution < -0.4 is 0 Å². The monoisotopic (exact) mass is 392 g/mol. The van der Waals surface area contributed by atoms with Crippen molar-refractivity contribution >= 4 is 15.9 Å². The van der Waals surface area contributed by atoms with E-state index in [2.05, 4.69) is 0 Å². The molecule has 2 unspecified atom stereocenters. The molecule has 3 heterocycles. The lowest BCUT2D eigenvalue weighted by Crippen LogP contribution is -2.50. The minimum Gasteiger partial charge on any atom is -0.381 e. The molecule has 2 atom stereocenters. The zero-order chi connectivity index (χ0) is 18.9. The lowest BCUT2D eigenvalue weighted by atomic mass is 9.93. The van der Waals surface area contributed by atoms with Gasteiger partial charge in [0.25, 0.3) is 5.91 Å². The quantitative estimate of drug-likeness (QED) is 0.791. The van der Waals surface area contributed by atoms with Crippen LogP contribution in [0.1, 0.15) is 53.9 Å². The molecule has 148 valence electrons. The fourth-order valence-corrected chi connectivity index (χ4v) is 6.29. The van der Waals surface area contributed by atoms with Crippen LogP contribution in [0.4, 0.5) is 0 Å². The molecule has 1 aromatic rings. The molecule has 3 aliphatic heterocycles. The van der Waals surface area contributed by atoms with Crippen molar-refractivity contribution in [2.24, 2.45) is 0 Å². The highest BCUT2D eigenvalue weighted by Crippen LogP contribution is 2.27. The maximum Gasteiger partial charge on any atom is 0.253 e. The molecule has 3 aliphatic rings. The number of ether oxygens (including phenoxy) is 1. The predicted molar refractivity (Wildman–Crippen MR) is 103 cm³/mol. The Kier molecular flexibility index (Phi) is 5.53. The van der Waals surface area contributed by atoms with E-state index in [4.69, 9.17) is 4.74 Å². The van der Waals surface area contributed by atoms with Crippen LogP contribution in [-0.4, -0.2) is 68.2 Å². The number of carbonyl (C=O) groups excluding carboxylic acids is 1. The Hall–Kier alpha value is -1.44. The van der Waals surface area contributed by atoms with Gasteiger partial charge in [0.1, 0.15) is 0 Å². The molecule has 3 saturated heterocycles. The molecule has 0 saturated carbocycles. The van der Waals surface area contributed by atoms with Gasteiger partial charge >= 0.3 is 0 Å². The summed E-state index contributed by atoms with van der Waals surface area (Å²) in [6, 6.07) is 7.82. The van der Waals surface area contributed by atoms with Crippen LogP contribution in [0.5, 0.6) is 0 Å². The Balaban J connectivity index is 1.42. The van der Waals surface area contributed by atoms with Gasteiger partial charge in [-0.05, 0) is 49.8 Å². The van der Waals surface area contributed by atoms with E-state index in [1.165, 1.54) is 5.56 Å². The molecule has 1 amide bonds. The second-order valence-electron chi connectivity index (χ2n) is 7.86. The number of amides is 1. The van der Waals surface area contributed by atoms with Crippen LogP contribution in [0.15, 0.2) is 24.3 Å². The summed E-state index contributed by atoms with van der Waals surface area (Å²) in [5.74, 6) is 0.662. The molecule has 3 fully saturated rings. The van der Waals surface area contributed by atoms with Gasteiger partial charge in [-0.25, -0.2) is 8.42 Å². The zero-order valence-corrected chi connectivity index (χ0v) is 16.5. The summed E-state index contributed by atoms with van der Waals surface area (Å²) in [6.45, 7) is 3.38. The summed E-state index contributed by atoms with van der Waals surface area (Å²) in [7, 11) is -3.14. The van der Waals surface area contributed by atoms with Crippen LogP contribution >= 0.6 is 0 Å². The van der Waals surface area contributed by atoms with Gasteiger partial charge in [0.15, 0.2) is 0 Å². The summed E-state index contributed by atoms with van der Waals surface area (Å²) >= 11 is 0. The number of nitrogens with zero attached hydrogens (tertiary/aromatic N) is 2. The van der Waals surface area contributed by atoms with Crippen LogP contribution in [0.25, 0.3) is 0 Å². The Labute approximate surface area is 161 Å². The molecule has 0 radical (unpaired) electrons. The van der Waals surface area contributed by atoms with Crippen molar-refractivity contribution in [1.29, 1.82) is 0 Å². The van der Waals surface area contributed by atoms with E-state index < -0.39 is 10.0 Å². The topological polar surface area (TPSA) is 66.9 Å². The third-order valence-corrected chi connectivity index (χ3v) is 8.02. The normalized spacial score (nSPS) is 29.0. The number of likely N-dealkylation sites (tertiary alicyclic amines) is 1. The van der Waals surface area contributed by atoms with E-state index in [9.17, 15) is 13.2 Å². The lowest BCUT2D eigenvalue weighted by Gasteiger charge is -2.36. The van der Waals surface area contributed by atoms with Crippen LogP contribution in [0.3, 0.4) is 0 Å². The molecule has 0 bridgehead atoms. The first-order chi connectivity index (χ1) is 13.0. The molecule has 4 rings (SSSR count). The number of hydrogen-bond donors (Lipinski definition) is 0. The maximum atomic E-state index is 12.9. The van der Waals surface area contributed by atoms with E-state index in [-0.39, 0.29) is 17.7 Å². The summed E-state index contributed by atoms with van der Waals surface area (Å²) in [4.78, 5) is 14.8. The van der Waals surface area contributed by atoms with Crippen molar-refractivity contribution in [3.8, 4) is 0 Å². The van der Waals surface area contributed by atoms with Crippen molar-refractivity contribution in [3.05, 3.63) is 35.4 Å². The molecular weight excluding hydrogens is 364 g/mol. The first-order valence-corrected chi connectivity index (χ1v) is 11.6. The number of sulfonamides is 1. The van der Waals surface area contributed by atoms with E-state index in [1.807, 2.05) is 29.2 Å². The fourth-order valence-electron chi connectivity index (χ4n) is 4.53. The standard InChI is InChI=1S/C20H28N2O4S/c23-20(17-8-6-16(7-9-17)18-4-2-12-26-15-18)21-10-1-5-19(14-21)22-11-3-13-27(22,24)25/h6-9,18-19H,1-5,10-15H2. The second-order valence-corrected chi connectivity index (χ2v) is 9.90. The van der Waals surface area contributed by atoms with Crippen LogP contribution in [-0.2, 0) is 14.8 Å². The van der Waals surface area contributed by atoms with Crippen LogP contribution in [0, 0.1) is 0 Å². The van der Waals surface area contributed by atoms with Crippen molar-refractivity contribution in [3.63, 3.8) is 0 Å². The summed E-state index contributed by atoms with van der Waals surface area (Å²) in [5.41, 5.74) is 1.91. The average Bonchev–Trinajstić information content (AvgIpc) is 3.07. The second kappa shape index (κ2) is 7.89. The van der Waals surface area contributed by atoms with Gasteiger partial charge in [0.05, 0.1) is 12.4 Å². The highest BCUT2D eigenvalue weighted by atomic mass is 32.2. The van der Waals surface area contributed by atoms with Gasteiger partial charge in [-0.1, -0.05) is 12.1 Å². The van der Waals surface area contributed by atoms with E-state index in [1.54, 1.807) is 4.31 Å². The number of hydrogen-bond acceptors (Lipinski definition) is 4. The predicted octanol–water partition coefficient (Wildman–Crippen LogP) is 2.22. The van der Waals surface area contributed by atoms with Gasteiger partial charge in [-0.15, -0.1) is 0 Å². The minimum atomic E-state index is -3.14. The van der Waals surface area contributed by atoms with E-state index in [0.717, 1.165) is 38.9 Å². The van der Waals surface area contributed by atoms with E-state index >= 15 is 0 Å². The largest absolute Gasteiger partial charge is 0.381 e. The van der Waals surface area contributed by atoms with Crippen molar-refractivity contribution in [2.75, 3.05) is 38.6 Å². The minimum absolute atomic E-state index is 0.00254. The third kappa shape index (κ3) is 4.05. The Morgan fingerprint density at radius 1 is 1.04 bits per heavy atom. The molecule has 27 heavy (non-hydrogen) atoms. The number of benzene rings is 1. The fraction of sp³-hybridized carbons (Fsp3) is 0.650. The number of carbonyl (C=O) groups is 1. The molecule has 6 nitrogen and oxygen atoms in total. The van der Waals surface area contributed by atoms with Gasteiger partial charge < -0.3 is 9.64 Å². The number of rotatable bonds is 3. The summed E-state index contributed by atoms with van der Waals surface area (Å²) in [5, 5.41) is 0. The first kappa shape index (κ1) is 18.9. The summed E-state index contributed by atoms with van der Waals surface area (Å²) < 4.78 is 31.6. The maximum absolute atomic E-state index is 12.9. The molecule has 0 aromatic heterocycles. The van der Waals surface area contributed by atoms with Gasteiger partial charge in [0.2, 0.25) is 10.0 Å². The van der Waals surface area contributed by atoms with Crippen LogP contribution in [0.2, 0.25) is 0 Å².